The lowest BCUT2D eigenvalue weighted by Crippen LogP contribution is -2.45. The summed E-state index contributed by atoms with van der Waals surface area (Å²) in [5, 5.41) is 0. The van der Waals surface area contributed by atoms with Gasteiger partial charge in [0.2, 0.25) is 0 Å². The van der Waals surface area contributed by atoms with E-state index in [1.54, 1.807) is 0 Å². The maximum Gasteiger partial charge on any atom is 0.00420 e. The summed E-state index contributed by atoms with van der Waals surface area (Å²) in [5.41, 5.74) is 7.29. The average molecular weight is 209 g/mol. The van der Waals surface area contributed by atoms with Crippen molar-refractivity contribution in [3.63, 3.8) is 0 Å². The molecule has 2 rings (SSSR count). The lowest BCUT2D eigenvalue weighted by Gasteiger charge is -2.50. The van der Waals surface area contributed by atoms with E-state index >= 15 is 0 Å². The van der Waals surface area contributed by atoms with Gasteiger partial charge in [0.05, 0.1) is 0 Å². The Balaban J connectivity index is 2.20. The smallest absolute Gasteiger partial charge is 0.00420 e. The molecule has 0 bridgehead atoms. The van der Waals surface area contributed by atoms with Gasteiger partial charge in [-0.25, -0.2) is 0 Å². The van der Waals surface area contributed by atoms with Gasteiger partial charge in [0.1, 0.15) is 0 Å². The number of hydrogen-bond donors (Lipinski definition) is 1. The molecule has 0 amide bonds. The van der Waals surface area contributed by atoms with Crippen LogP contribution in [-0.4, -0.2) is 6.04 Å². The normalized spacial score (nSPS) is 36.0. The van der Waals surface area contributed by atoms with E-state index < -0.39 is 0 Å². The first kappa shape index (κ1) is 11.4. The molecule has 2 atom stereocenters. The fourth-order valence-electron chi connectivity index (χ4n) is 4.27. The predicted octanol–water partition coefficient (Wildman–Crippen LogP) is 3.72. The summed E-state index contributed by atoms with van der Waals surface area (Å²) in [5.74, 6) is 0.858. The third kappa shape index (κ3) is 2.08. The van der Waals surface area contributed by atoms with E-state index in [4.69, 9.17) is 5.73 Å². The van der Waals surface area contributed by atoms with Crippen LogP contribution in [0.15, 0.2) is 0 Å². The summed E-state index contributed by atoms with van der Waals surface area (Å²) in [6.45, 7) is 7.24. The third-order valence-corrected chi connectivity index (χ3v) is 4.94. The van der Waals surface area contributed by atoms with Gasteiger partial charge in [0.25, 0.3) is 0 Å². The fourth-order valence-corrected chi connectivity index (χ4v) is 4.27. The van der Waals surface area contributed by atoms with Crippen LogP contribution in [0.3, 0.4) is 0 Å². The largest absolute Gasteiger partial charge is 0.328 e. The topological polar surface area (TPSA) is 26.0 Å². The Morgan fingerprint density at radius 2 is 1.67 bits per heavy atom. The molecular weight excluding hydrogens is 182 g/mol. The first-order valence-electron chi connectivity index (χ1n) is 6.70. The van der Waals surface area contributed by atoms with E-state index in [-0.39, 0.29) is 0 Å². The molecule has 88 valence electrons. The van der Waals surface area contributed by atoms with Crippen LogP contribution in [0.1, 0.15) is 65.7 Å². The monoisotopic (exact) mass is 209 g/mol. The van der Waals surface area contributed by atoms with Crippen molar-refractivity contribution in [1.29, 1.82) is 0 Å². The van der Waals surface area contributed by atoms with Crippen LogP contribution in [0, 0.1) is 16.7 Å². The lowest BCUT2D eigenvalue weighted by atomic mass is 9.56. The fraction of sp³-hybridized carbons (Fsp3) is 1.00. The molecule has 0 radical (unpaired) electrons. The Hall–Kier alpha value is -0.0400. The zero-order chi connectivity index (χ0) is 11.1. The minimum atomic E-state index is 0.447. The third-order valence-electron chi connectivity index (χ3n) is 4.94. The van der Waals surface area contributed by atoms with Crippen molar-refractivity contribution in [2.24, 2.45) is 22.5 Å². The zero-order valence-electron chi connectivity index (χ0n) is 10.7. The number of nitrogens with two attached hydrogens (primary N) is 1. The molecule has 1 nitrogen and oxygen atoms in total. The van der Waals surface area contributed by atoms with Crippen molar-refractivity contribution in [3.05, 3.63) is 0 Å². The highest BCUT2D eigenvalue weighted by atomic mass is 14.7. The number of rotatable bonds is 0. The first-order valence-corrected chi connectivity index (χ1v) is 6.70. The zero-order valence-corrected chi connectivity index (χ0v) is 10.7. The number of hydrogen-bond acceptors (Lipinski definition) is 1. The van der Waals surface area contributed by atoms with Gasteiger partial charge in [-0.1, -0.05) is 33.6 Å². The molecule has 1 spiro atoms. The van der Waals surface area contributed by atoms with Gasteiger partial charge in [-0.3, -0.25) is 0 Å². The van der Waals surface area contributed by atoms with E-state index in [0.29, 0.717) is 16.9 Å². The quantitative estimate of drug-likeness (QED) is 0.646. The summed E-state index contributed by atoms with van der Waals surface area (Å²) in [6, 6.07) is 0.473. The van der Waals surface area contributed by atoms with E-state index in [1.165, 1.54) is 44.9 Å². The van der Waals surface area contributed by atoms with E-state index in [2.05, 4.69) is 20.8 Å². The SMILES string of the molecule is CC(C)(C)C1CC(N)CCC12CCCC2. The molecule has 0 heterocycles. The van der Waals surface area contributed by atoms with Gasteiger partial charge >= 0.3 is 0 Å². The predicted molar refractivity (Wildman–Crippen MR) is 65.7 cm³/mol. The van der Waals surface area contributed by atoms with Crippen LogP contribution in [-0.2, 0) is 0 Å². The molecule has 2 aliphatic rings. The van der Waals surface area contributed by atoms with E-state index in [1.807, 2.05) is 0 Å². The van der Waals surface area contributed by atoms with Crippen molar-refractivity contribution in [2.75, 3.05) is 0 Å². The molecule has 2 saturated carbocycles. The van der Waals surface area contributed by atoms with Crippen molar-refractivity contribution in [1.82, 2.24) is 0 Å². The Morgan fingerprint density at radius 1 is 1.07 bits per heavy atom. The Labute approximate surface area is 94.8 Å². The van der Waals surface area contributed by atoms with Crippen molar-refractivity contribution >= 4 is 0 Å². The van der Waals surface area contributed by atoms with Gasteiger partial charge in [-0.15, -0.1) is 0 Å². The molecule has 0 aliphatic heterocycles. The summed E-state index contributed by atoms with van der Waals surface area (Å²) >= 11 is 0. The van der Waals surface area contributed by atoms with Crippen molar-refractivity contribution < 1.29 is 0 Å². The van der Waals surface area contributed by atoms with Crippen LogP contribution in [0.4, 0.5) is 0 Å². The first-order chi connectivity index (χ1) is 6.94. The molecule has 2 aliphatic carbocycles. The van der Waals surface area contributed by atoms with Crippen LogP contribution in [0.2, 0.25) is 0 Å². The molecule has 0 aromatic carbocycles. The van der Waals surface area contributed by atoms with E-state index in [0.717, 1.165) is 5.92 Å². The molecule has 2 N–H and O–H groups in total. The second-order valence-corrected chi connectivity index (χ2v) is 7.02. The standard InChI is InChI=1S/C14H27N/c1-13(2,3)12-10-11(15)6-9-14(12)7-4-5-8-14/h11-12H,4-10,15H2,1-3H3. The van der Waals surface area contributed by atoms with Gasteiger partial charge in [0.15, 0.2) is 0 Å². The Morgan fingerprint density at radius 3 is 2.20 bits per heavy atom. The van der Waals surface area contributed by atoms with Crippen LogP contribution in [0.25, 0.3) is 0 Å². The summed E-state index contributed by atoms with van der Waals surface area (Å²) in [6.07, 6.45) is 9.80. The van der Waals surface area contributed by atoms with Gasteiger partial charge < -0.3 is 5.73 Å². The molecule has 2 unspecified atom stereocenters. The van der Waals surface area contributed by atoms with Gasteiger partial charge in [0, 0.05) is 6.04 Å². The highest BCUT2D eigenvalue weighted by molar-refractivity contribution is 5.00. The highest BCUT2D eigenvalue weighted by Gasteiger charge is 2.48. The van der Waals surface area contributed by atoms with Gasteiger partial charge in [-0.05, 0) is 48.9 Å². The molecule has 0 aromatic heterocycles. The van der Waals surface area contributed by atoms with Crippen LogP contribution < -0.4 is 5.73 Å². The highest BCUT2D eigenvalue weighted by Crippen LogP contribution is 2.57. The summed E-state index contributed by atoms with van der Waals surface area (Å²) in [7, 11) is 0. The molecule has 0 aromatic rings. The van der Waals surface area contributed by atoms with Crippen LogP contribution in [0.5, 0.6) is 0 Å². The second-order valence-electron chi connectivity index (χ2n) is 7.02. The Kier molecular flexibility index (Phi) is 2.87. The average Bonchev–Trinajstić information content (AvgIpc) is 2.57. The Bertz CT molecular complexity index is 220. The summed E-state index contributed by atoms with van der Waals surface area (Å²) < 4.78 is 0. The second kappa shape index (κ2) is 3.76. The van der Waals surface area contributed by atoms with Gasteiger partial charge in [-0.2, -0.15) is 0 Å². The maximum atomic E-state index is 6.17. The molecule has 0 saturated heterocycles. The maximum absolute atomic E-state index is 6.17. The molecular formula is C14H27N. The van der Waals surface area contributed by atoms with Crippen molar-refractivity contribution in [3.8, 4) is 0 Å². The molecule has 1 heteroatoms. The minimum Gasteiger partial charge on any atom is -0.328 e. The minimum absolute atomic E-state index is 0.447. The summed E-state index contributed by atoms with van der Waals surface area (Å²) in [4.78, 5) is 0. The lowest BCUT2D eigenvalue weighted by molar-refractivity contribution is 0.00879. The molecule has 2 fully saturated rings. The van der Waals surface area contributed by atoms with Crippen molar-refractivity contribution in [2.45, 2.75) is 71.8 Å². The van der Waals surface area contributed by atoms with E-state index in [9.17, 15) is 0 Å². The molecule has 15 heavy (non-hydrogen) atoms. The van der Waals surface area contributed by atoms with Crippen LogP contribution >= 0.6 is 0 Å².